The fourth-order valence-electron chi connectivity index (χ4n) is 2.63. The molecule has 3 aromatic rings. The maximum atomic E-state index is 12.4. The third-order valence-corrected chi connectivity index (χ3v) is 4.27. The molecule has 28 heavy (non-hydrogen) atoms. The zero-order valence-electron chi connectivity index (χ0n) is 16.7. The Kier molecular flexibility index (Phi) is 6.16. The van der Waals surface area contributed by atoms with Gasteiger partial charge in [-0.05, 0) is 57.3 Å². The van der Waals surface area contributed by atoms with Crippen LogP contribution < -0.4 is 10.1 Å². The summed E-state index contributed by atoms with van der Waals surface area (Å²) in [6.45, 7) is 5.90. The SMILES string of the molecule is Cc1ccc(C)c(OCc2ccc(C(=O)Nc3cnn(CCN(C)C)c3)o2)c1. The number of nitrogens with zero attached hydrogens (tertiary/aromatic N) is 3. The number of ether oxygens (including phenoxy) is 1. The molecule has 1 amide bonds. The van der Waals surface area contributed by atoms with Gasteiger partial charge >= 0.3 is 0 Å². The summed E-state index contributed by atoms with van der Waals surface area (Å²) in [4.78, 5) is 14.5. The van der Waals surface area contributed by atoms with Crippen LogP contribution in [0.5, 0.6) is 5.75 Å². The largest absolute Gasteiger partial charge is 0.485 e. The second kappa shape index (κ2) is 8.75. The van der Waals surface area contributed by atoms with Crippen LogP contribution in [0, 0.1) is 13.8 Å². The number of hydrogen-bond donors (Lipinski definition) is 1. The number of amides is 1. The zero-order chi connectivity index (χ0) is 20.1. The molecule has 0 saturated heterocycles. The summed E-state index contributed by atoms with van der Waals surface area (Å²) in [7, 11) is 4.01. The third-order valence-electron chi connectivity index (χ3n) is 4.27. The summed E-state index contributed by atoms with van der Waals surface area (Å²) in [5, 5.41) is 7.04. The first-order valence-electron chi connectivity index (χ1n) is 9.18. The van der Waals surface area contributed by atoms with Gasteiger partial charge in [0.05, 0.1) is 18.4 Å². The number of hydrogen-bond acceptors (Lipinski definition) is 5. The highest BCUT2D eigenvalue weighted by Gasteiger charge is 2.13. The standard InChI is InChI=1S/C21H26N4O3/c1-15-5-6-16(2)20(11-15)27-14-18-7-8-19(28-18)21(26)23-17-12-22-25(13-17)10-9-24(3)4/h5-8,11-13H,9-10,14H2,1-4H3,(H,23,26). The van der Waals surface area contributed by atoms with Crippen LogP contribution >= 0.6 is 0 Å². The lowest BCUT2D eigenvalue weighted by Gasteiger charge is -2.08. The summed E-state index contributed by atoms with van der Waals surface area (Å²) in [5.74, 6) is 1.33. The fraction of sp³-hybridized carbons (Fsp3) is 0.333. The molecule has 0 aliphatic carbocycles. The van der Waals surface area contributed by atoms with Crippen molar-refractivity contribution in [1.82, 2.24) is 14.7 Å². The molecule has 3 rings (SSSR count). The number of likely N-dealkylation sites (N-methyl/N-ethyl adjacent to an activating group) is 1. The van der Waals surface area contributed by atoms with Crippen molar-refractivity contribution in [3.63, 3.8) is 0 Å². The molecule has 148 valence electrons. The second-order valence-electron chi connectivity index (χ2n) is 7.07. The van der Waals surface area contributed by atoms with Gasteiger partial charge in [0, 0.05) is 12.7 Å². The van der Waals surface area contributed by atoms with E-state index in [0.29, 0.717) is 11.4 Å². The summed E-state index contributed by atoms with van der Waals surface area (Å²) in [6, 6.07) is 9.44. The van der Waals surface area contributed by atoms with Crippen LogP contribution in [0.15, 0.2) is 47.1 Å². The molecule has 7 heteroatoms. The van der Waals surface area contributed by atoms with Gasteiger partial charge in [0.1, 0.15) is 18.1 Å². The molecular weight excluding hydrogens is 356 g/mol. The topological polar surface area (TPSA) is 72.5 Å². The first kappa shape index (κ1) is 19.7. The van der Waals surface area contributed by atoms with E-state index < -0.39 is 0 Å². The lowest BCUT2D eigenvalue weighted by atomic mass is 10.1. The highest BCUT2D eigenvalue weighted by atomic mass is 16.5. The lowest BCUT2D eigenvalue weighted by molar-refractivity contribution is 0.0992. The number of benzene rings is 1. The van der Waals surface area contributed by atoms with Crippen molar-refractivity contribution < 1.29 is 13.9 Å². The molecule has 0 spiro atoms. The second-order valence-corrected chi connectivity index (χ2v) is 7.07. The van der Waals surface area contributed by atoms with E-state index in [0.717, 1.165) is 30.0 Å². The molecule has 2 heterocycles. The molecule has 0 unspecified atom stereocenters. The molecule has 0 saturated carbocycles. The summed E-state index contributed by atoms with van der Waals surface area (Å²) >= 11 is 0. The molecule has 1 aromatic carbocycles. The minimum absolute atomic E-state index is 0.237. The van der Waals surface area contributed by atoms with Gasteiger partial charge in [0.15, 0.2) is 5.76 Å². The number of carbonyl (C=O) groups excluding carboxylic acids is 1. The van der Waals surface area contributed by atoms with E-state index in [1.165, 1.54) is 0 Å². The molecule has 0 aliphatic heterocycles. The van der Waals surface area contributed by atoms with E-state index in [1.807, 2.05) is 46.1 Å². The van der Waals surface area contributed by atoms with Gasteiger partial charge < -0.3 is 19.4 Å². The van der Waals surface area contributed by atoms with Crippen molar-refractivity contribution in [2.75, 3.05) is 26.0 Å². The summed E-state index contributed by atoms with van der Waals surface area (Å²) in [5.41, 5.74) is 2.82. The molecule has 0 aliphatic rings. The average Bonchev–Trinajstić information content (AvgIpc) is 3.30. The summed E-state index contributed by atoms with van der Waals surface area (Å²) in [6.07, 6.45) is 3.43. The number of aryl methyl sites for hydroxylation is 2. The van der Waals surface area contributed by atoms with Crippen molar-refractivity contribution in [2.45, 2.75) is 27.0 Å². The smallest absolute Gasteiger partial charge is 0.291 e. The molecule has 0 bridgehead atoms. The third kappa shape index (κ3) is 5.23. The Labute approximate surface area is 164 Å². The quantitative estimate of drug-likeness (QED) is 0.646. The minimum atomic E-state index is -0.315. The zero-order valence-corrected chi connectivity index (χ0v) is 16.7. The van der Waals surface area contributed by atoms with Crippen molar-refractivity contribution >= 4 is 11.6 Å². The van der Waals surface area contributed by atoms with E-state index in [-0.39, 0.29) is 18.3 Å². The Morgan fingerprint density at radius 3 is 2.86 bits per heavy atom. The van der Waals surface area contributed by atoms with Crippen LogP contribution in [0.1, 0.15) is 27.4 Å². The van der Waals surface area contributed by atoms with Gasteiger partial charge in [-0.1, -0.05) is 12.1 Å². The van der Waals surface area contributed by atoms with Crippen LogP contribution in [0.4, 0.5) is 5.69 Å². The molecule has 2 aromatic heterocycles. The minimum Gasteiger partial charge on any atom is -0.485 e. The number of rotatable bonds is 8. The van der Waals surface area contributed by atoms with Gasteiger partial charge in [0.2, 0.25) is 0 Å². The monoisotopic (exact) mass is 382 g/mol. The van der Waals surface area contributed by atoms with Gasteiger partial charge in [0.25, 0.3) is 5.91 Å². The van der Waals surface area contributed by atoms with Crippen LogP contribution in [-0.2, 0) is 13.2 Å². The van der Waals surface area contributed by atoms with E-state index in [4.69, 9.17) is 9.15 Å². The van der Waals surface area contributed by atoms with Crippen molar-refractivity contribution in [1.29, 1.82) is 0 Å². The van der Waals surface area contributed by atoms with E-state index >= 15 is 0 Å². The Hall–Kier alpha value is -3.06. The maximum absolute atomic E-state index is 12.4. The first-order chi connectivity index (χ1) is 13.4. The van der Waals surface area contributed by atoms with Crippen molar-refractivity contribution in [2.24, 2.45) is 0 Å². The van der Waals surface area contributed by atoms with Crippen LogP contribution in [0.25, 0.3) is 0 Å². The van der Waals surface area contributed by atoms with E-state index in [9.17, 15) is 4.79 Å². The molecule has 0 radical (unpaired) electrons. The first-order valence-corrected chi connectivity index (χ1v) is 9.18. The number of anilines is 1. The maximum Gasteiger partial charge on any atom is 0.291 e. The number of nitrogens with one attached hydrogen (secondary N) is 1. The highest BCUT2D eigenvalue weighted by molar-refractivity contribution is 6.02. The number of carbonyl (C=O) groups is 1. The average molecular weight is 382 g/mol. The van der Waals surface area contributed by atoms with Gasteiger partial charge in [-0.15, -0.1) is 0 Å². The summed E-state index contributed by atoms with van der Waals surface area (Å²) < 4.78 is 13.2. The van der Waals surface area contributed by atoms with Crippen LogP contribution in [0.3, 0.4) is 0 Å². The molecule has 7 nitrogen and oxygen atoms in total. The fourth-order valence-corrected chi connectivity index (χ4v) is 2.63. The number of aromatic nitrogens is 2. The molecule has 0 fully saturated rings. The Bertz CT molecular complexity index is 943. The van der Waals surface area contributed by atoms with Gasteiger partial charge in [-0.3, -0.25) is 9.48 Å². The highest BCUT2D eigenvalue weighted by Crippen LogP contribution is 2.21. The molecule has 1 N–H and O–H groups in total. The predicted octanol–water partition coefficient (Wildman–Crippen LogP) is 3.49. The predicted molar refractivity (Wildman–Crippen MR) is 108 cm³/mol. The lowest BCUT2D eigenvalue weighted by Crippen LogP contribution is -2.18. The molecular formula is C21H26N4O3. The number of furan rings is 1. The van der Waals surface area contributed by atoms with Crippen LogP contribution in [-0.4, -0.2) is 41.2 Å². The molecule has 0 atom stereocenters. The van der Waals surface area contributed by atoms with Crippen LogP contribution in [0.2, 0.25) is 0 Å². The van der Waals surface area contributed by atoms with E-state index in [1.54, 1.807) is 29.2 Å². The Balaban J connectivity index is 1.56. The van der Waals surface area contributed by atoms with Crippen molar-refractivity contribution in [3.05, 3.63) is 65.4 Å². The van der Waals surface area contributed by atoms with Gasteiger partial charge in [-0.2, -0.15) is 5.10 Å². The van der Waals surface area contributed by atoms with Gasteiger partial charge in [-0.25, -0.2) is 0 Å². The Morgan fingerprint density at radius 2 is 2.07 bits per heavy atom. The van der Waals surface area contributed by atoms with Crippen molar-refractivity contribution in [3.8, 4) is 5.75 Å². The Morgan fingerprint density at radius 1 is 1.25 bits per heavy atom. The normalized spacial score (nSPS) is 11.0. The van der Waals surface area contributed by atoms with E-state index in [2.05, 4.69) is 15.3 Å².